The van der Waals surface area contributed by atoms with Crippen LogP contribution < -0.4 is 0 Å². The molecular weight excluding hydrogens is 491 g/mol. The molecule has 0 spiro atoms. The van der Waals surface area contributed by atoms with Crippen LogP contribution in [-0.4, -0.2) is 0 Å². The summed E-state index contributed by atoms with van der Waals surface area (Å²) in [4.78, 5) is 0. The Balaban J connectivity index is 0.000000208. The molecule has 4 rings (SSSR count). The fourth-order valence-corrected chi connectivity index (χ4v) is 4.36. The van der Waals surface area contributed by atoms with E-state index in [4.69, 9.17) is 0 Å². The molecule has 3 aromatic carbocycles. The molecule has 0 N–H and O–H groups in total. The second kappa shape index (κ2) is 9.03. The molecule has 0 saturated heterocycles. The average molecular weight is 525 g/mol. The molecule has 1 unspecified atom stereocenters. The van der Waals surface area contributed by atoms with Gasteiger partial charge in [0.25, 0.3) is 0 Å². The molecule has 0 aromatic heterocycles. The van der Waals surface area contributed by atoms with E-state index in [1.54, 1.807) is 16.7 Å². The Morgan fingerprint density at radius 3 is 2.00 bits per heavy atom. The number of benzene rings is 1. The van der Waals surface area contributed by atoms with Gasteiger partial charge in [0.05, 0.1) is 0 Å². The van der Waals surface area contributed by atoms with Gasteiger partial charge in [-0.05, 0) is 19.3 Å². The van der Waals surface area contributed by atoms with Crippen LogP contribution in [0.3, 0.4) is 0 Å². The van der Waals surface area contributed by atoms with Crippen molar-refractivity contribution >= 4 is 10.8 Å². The largest absolute Gasteiger partial charge is 0.196 e. The fraction of sp³-hybridized carbons (Fsp3) is 0.462. The van der Waals surface area contributed by atoms with Crippen LogP contribution in [0.4, 0.5) is 0 Å². The monoisotopic (exact) mass is 526 g/mol. The molecular formula is C26H34Hf-2. The second-order valence-electron chi connectivity index (χ2n) is 8.28. The van der Waals surface area contributed by atoms with Gasteiger partial charge in [0.15, 0.2) is 0 Å². The molecule has 1 heteroatoms. The smallest absolute Gasteiger partial charge is 0 e. The summed E-state index contributed by atoms with van der Waals surface area (Å²) in [6, 6.07) is 9.51. The molecule has 0 bridgehead atoms. The van der Waals surface area contributed by atoms with Crippen molar-refractivity contribution in [3.05, 3.63) is 68.8 Å². The predicted molar refractivity (Wildman–Crippen MR) is 116 cm³/mol. The first kappa shape index (κ1) is 22.3. The Labute approximate surface area is 184 Å². The van der Waals surface area contributed by atoms with Crippen molar-refractivity contribution < 1.29 is 25.8 Å². The first-order chi connectivity index (χ1) is 12.3. The molecule has 0 saturated carbocycles. The molecule has 0 heterocycles. The maximum absolute atomic E-state index is 2.46. The molecule has 1 atom stereocenters. The Hall–Kier alpha value is -0.950. The third-order valence-corrected chi connectivity index (χ3v) is 6.97. The maximum atomic E-state index is 2.46. The van der Waals surface area contributed by atoms with Crippen LogP contribution in [-0.2, 0) is 38.7 Å². The van der Waals surface area contributed by atoms with Crippen LogP contribution in [0.15, 0.2) is 24.3 Å². The van der Waals surface area contributed by atoms with E-state index in [0.717, 1.165) is 0 Å². The Bertz CT molecular complexity index is 839. The standard InChI is InChI=1S/C16H19.C10H15.Hf/c1-3-11(2)15-8-7-14-9-12-5-4-6-13(12)10-16(14)15;1-6-7(2)9(4)10(5)8(6)3;/h7-11H,3-6H2,1-2H3;1-5H3;/q2*-1;. The van der Waals surface area contributed by atoms with Gasteiger partial charge < -0.3 is 0 Å². The predicted octanol–water partition coefficient (Wildman–Crippen LogP) is 7.51. The number of hydrogen-bond donors (Lipinski definition) is 0. The summed E-state index contributed by atoms with van der Waals surface area (Å²) in [7, 11) is 0. The molecule has 0 fully saturated rings. The third kappa shape index (κ3) is 4.24. The maximum Gasteiger partial charge on any atom is 0 e. The molecule has 144 valence electrons. The molecule has 0 amide bonds. The summed E-state index contributed by atoms with van der Waals surface area (Å²) < 4.78 is 0. The van der Waals surface area contributed by atoms with Crippen molar-refractivity contribution in [1.29, 1.82) is 0 Å². The second-order valence-corrected chi connectivity index (χ2v) is 8.28. The number of fused-ring (bicyclic) bond motifs is 2. The Kier molecular flexibility index (Phi) is 7.47. The van der Waals surface area contributed by atoms with E-state index in [9.17, 15) is 0 Å². The zero-order valence-corrected chi connectivity index (χ0v) is 21.8. The minimum Gasteiger partial charge on any atom is -0.196 e. The van der Waals surface area contributed by atoms with Crippen molar-refractivity contribution in [2.45, 2.75) is 80.1 Å². The number of aryl methyl sites for hydroxylation is 2. The minimum absolute atomic E-state index is 0. The van der Waals surface area contributed by atoms with Crippen LogP contribution in [0.1, 0.15) is 77.1 Å². The summed E-state index contributed by atoms with van der Waals surface area (Å²) in [6.07, 6.45) is 5.16. The van der Waals surface area contributed by atoms with Crippen LogP contribution in [0.5, 0.6) is 0 Å². The first-order valence-electron chi connectivity index (χ1n) is 10.3. The van der Waals surface area contributed by atoms with Crippen LogP contribution in [0, 0.1) is 34.6 Å². The van der Waals surface area contributed by atoms with E-state index in [1.165, 1.54) is 64.3 Å². The number of hydrogen-bond acceptors (Lipinski definition) is 0. The molecule has 0 radical (unpaired) electrons. The van der Waals surface area contributed by atoms with E-state index >= 15 is 0 Å². The van der Waals surface area contributed by atoms with Gasteiger partial charge in [-0.3, -0.25) is 0 Å². The van der Waals surface area contributed by atoms with E-state index in [1.807, 2.05) is 0 Å². The average Bonchev–Trinajstić information content (AvgIpc) is 3.32. The van der Waals surface area contributed by atoms with Gasteiger partial charge >= 0.3 is 0 Å². The topological polar surface area (TPSA) is 0 Å². The van der Waals surface area contributed by atoms with Crippen molar-refractivity contribution in [1.82, 2.24) is 0 Å². The van der Waals surface area contributed by atoms with Crippen molar-refractivity contribution in [3.8, 4) is 0 Å². The van der Waals surface area contributed by atoms with Crippen molar-refractivity contribution in [3.63, 3.8) is 0 Å². The molecule has 1 aliphatic rings. The molecule has 1 aliphatic carbocycles. The quantitative estimate of drug-likeness (QED) is 0.240. The van der Waals surface area contributed by atoms with Gasteiger partial charge in [0, 0.05) is 25.8 Å². The summed E-state index contributed by atoms with van der Waals surface area (Å²) in [5, 5.41) is 2.96. The van der Waals surface area contributed by atoms with E-state index in [2.05, 4.69) is 72.7 Å². The summed E-state index contributed by atoms with van der Waals surface area (Å²) in [5.41, 5.74) is 12.1. The SMILES string of the molecule is CCC(C)[c-]1ccc2cc3c(cc21)CCC3.Cc1c(C)c(C)[c-](C)c1C.[Hf]. The molecule has 27 heavy (non-hydrogen) atoms. The molecule has 3 aromatic rings. The van der Waals surface area contributed by atoms with Crippen LogP contribution in [0.2, 0.25) is 0 Å². The van der Waals surface area contributed by atoms with Gasteiger partial charge in [0.2, 0.25) is 0 Å². The van der Waals surface area contributed by atoms with Gasteiger partial charge in [0.1, 0.15) is 0 Å². The van der Waals surface area contributed by atoms with E-state index in [-0.39, 0.29) is 25.8 Å². The number of rotatable bonds is 2. The fourth-order valence-electron chi connectivity index (χ4n) is 4.36. The Morgan fingerprint density at radius 1 is 0.963 bits per heavy atom. The first-order valence-corrected chi connectivity index (χ1v) is 10.3. The third-order valence-electron chi connectivity index (χ3n) is 6.97. The molecule has 0 nitrogen and oxygen atoms in total. The Morgan fingerprint density at radius 2 is 1.52 bits per heavy atom. The van der Waals surface area contributed by atoms with E-state index in [0.29, 0.717) is 5.92 Å². The van der Waals surface area contributed by atoms with Gasteiger partial charge in [-0.25, -0.2) is 0 Å². The van der Waals surface area contributed by atoms with Gasteiger partial charge in [-0.15, -0.1) is 34.5 Å². The summed E-state index contributed by atoms with van der Waals surface area (Å²) >= 11 is 0. The van der Waals surface area contributed by atoms with Gasteiger partial charge in [-0.1, -0.05) is 71.9 Å². The van der Waals surface area contributed by atoms with Crippen molar-refractivity contribution in [2.75, 3.05) is 0 Å². The zero-order valence-electron chi connectivity index (χ0n) is 18.2. The minimum atomic E-state index is 0. The van der Waals surface area contributed by atoms with E-state index < -0.39 is 0 Å². The summed E-state index contributed by atoms with van der Waals surface area (Å²) in [6.45, 7) is 15.6. The van der Waals surface area contributed by atoms with Crippen LogP contribution >= 0.6 is 0 Å². The normalized spacial score (nSPS) is 13.7. The van der Waals surface area contributed by atoms with Gasteiger partial charge in [-0.2, -0.15) is 33.9 Å². The van der Waals surface area contributed by atoms with Crippen LogP contribution in [0.25, 0.3) is 10.8 Å². The molecule has 0 aliphatic heterocycles. The summed E-state index contributed by atoms with van der Waals surface area (Å²) in [5.74, 6) is 0.692. The van der Waals surface area contributed by atoms with Crippen molar-refractivity contribution in [2.24, 2.45) is 0 Å². The zero-order chi connectivity index (χ0) is 19.0.